The van der Waals surface area contributed by atoms with Crippen molar-refractivity contribution in [1.29, 1.82) is 0 Å². The van der Waals surface area contributed by atoms with Gasteiger partial charge < -0.3 is 13.6 Å². The fourth-order valence-corrected chi connectivity index (χ4v) is 5.32. The molecule has 0 saturated carbocycles. The van der Waals surface area contributed by atoms with E-state index in [-0.39, 0.29) is 22.3 Å². The first-order valence-corrected chi connectivity index (χ1v) is 17.7. The monoisotopic (exact) mass is 528 g/mol. The lowest BCUT2D eigenvalue weighted by atomic mass is 9.90. The quantitative estimate of drug-likeness (QED) is 0.358. The Hall–Kier alpha value is -0.476. The fraction of sp³-hybridized carbons (Fsp3) is 0.708. The van der Waals surface area contributed by atoms with E-state index in [1.807, 2.05) is 19.1 Å². The third kappa shape index (κ3) is 5.91. The number of benzene rings is 1. The van der Waals surface area contributed by atoms with Crippen LogP contribution in [0, 0.1) is 6.92 Å². The number of ketones is 1. The normalized spacial score (nSPS) is 17.4. The second kappa shape index (κ2) is 8.71. The first-order valence-electron chi connectivity index (χ1n) is 11.1. The number of hydrogen-bond donors (Lipinski definition) is 0. The van der Waals surface area contributed by atoms with E-state index in [1.54, 1.807) is 0 Å². The highest BCUT2D eigenvalue weighted by atomic mass is 79.9. The summed E-state index contributed by atoms with van der Waals surface area (Å²) in [6.45, 7) is 25.0. The van der Waals surface area contributed by atoms with Crippen molar-refractivity contribution in [2.24, 2.45) is 0 Å². The summed E-state index contributed by atoms with van der Waals surface area (Å²) in [4.78, 5) is 13.2. The number of ether oxygens (including phenoxy) is 1. The number of Topliss-reactive ketones (excluding diaryl/α,β-unsaturated/α-hetero) is 1. The van der Waals surface area contributed by atoms with E-state index in [4.69, 9.17) is 13.6 Å². The standard InChI is InChI=1S/C24H41BrO4Si2/c1-17-12-18-20(26)14-24(29-21(18)13-19(17)25,15-27-30(8,9)22(2,3)4)16-28-31(10,11)23(5,6)7/h12-13H,14-16H2,1-11H3. The molecule has 31 heavy (non-hydrogen) atoms. The molecule has 176 valence electrons. The molecule has 0 aromatic heterocycles. The summed E-state index contributed by atoms with van der Waals surface area (Å²) in [7, 11) is -4.05. The second-order valence-corrected chi connectivity index (χ2v) is 22.6. The van der Waals surface area contributed by atoms with Crippen molar-refractivity contribution >= 4 is 38.3 Å². The van der Waals surface area contributed by atoms with Crippen LogP contribution < -0.4 is 4.74 Å². The van der Waals surface area contributed by atoms with Crippen LogP contribution in [0.2, 0.25) is 36.3 Å². The van der Waals surface area contributed by atoms with E-state index in [0.717, 1.165) is 10.0 Å². The number of carbonyl (C=O) groups excluding carboxylic acids is 1. The molecule has 2 rings (SSSR count). The van der Waals surface area contributed by atoms with Gasteiger partial charge in [-0.2, -0.15) is 0 Å². The molecule has 4 nitrogen and oxygen atoms in total. The molecule has 0 unspecified atom stereocenters. The first kappa shape index (κ1) is 26.8. The SMILES string of the molecule is Cc1cc2c(cc1Br)OC(CO[Si](C)(C)C(C)(C)C)(CO[Si](C)(C)C(C)(C)C)CC2=O. The molecule has 0 aliphatic carbocycles. The molecule has 7 heteroatoms. The van der Waals surface area contributed by atoms with Gasteiger partial charge in [0.05, 0.1) is 25.2 Å². The Balaban J connectivity index is 2.41. The van der Waals surface area contributed by atoms with Crippen LogP contribution in [0.25, 0.3) is 0 Å². The van der Waals surface area contributed by atoms with Crippen LogP contribution in [-0.4, -0.2) is 41.2 Å². The van der Waals surface area contributed by atoms with Gasteiger partial charge in [-0.05, 0) is 60.9 Å². The third-order valence-corrected chi connectivity index (χ3v) is 17.2. The van der Waals surface area contributed by atoms with Gasteiger partial charge in [0, 0.05) is 4.47 Å². The number of rotatable bonds is 6. The van der Waals surface area contributed by atoms with Crippen molar-refractivity contribution in [2.75, 3.05) is 13.2 Å². The maximum Gasteiger partial charge on any atom is 0.192 e. The number of fused-ring (bicyclic) bond motifs is 1. The highest BCUT2D eigenvalue weighted by molar-refractivity contribution is 9.10. The molecule has 1 aromatic rings. The lowest BCUT2D eigenvalue weighted by Gasteiger charge is -2.45. The Morgan fingerprint density at radius 2 is 1.42 bits per heavy atom. The second-order valence-electron chi connectivity index (χ2n) is 12.1. The van der Waals surface area contributed by atoms with Gasteiger partial charge in [-0.3, -0.25) is 4.79 Å². The van der Waals surface area contributed by atoms with E-state index in [0.29, 0.717) is 24.5 Å². The molecule has 1 aromatic carbocycles. The van der Waals surface area contributed by atoms with E-state index >= 15 is 0 Å². The smallest absolute Gasteiger partial charge is 0.192 e. The van der Waals surface area contributed by atoms with Gasteiger partial charge in [0.15, 0.2) is 28.0 Å². The van der Waals surface area contributed by atoms with Crippen LogP contribution in [0.3, 0.4) is 0 Å². The highest BCUT2D eigenvalue weighted by Gasteiger charge is 2.47. The third-order valence-electron chi connectivity index (χ3n) is 7.37. The molecule has 1 aliphatic rings. The summed E-state index contributed by atoms with van der Waals surface area (Å²) >= 11 is 3.59. The molecular weight excluding hydrogens is 488 g/mol. The van der Waals surface area contributed by atoms with Crippen molar-refractivity contribution in [1.82, 2.24) is 0 Å². The zero-order valence-electron chi connectivity index (χ0n) is 21.3. The molecular formula is C24H41BrO4Si2. The van der Waals surface area contributed by atoms with Crippen LogP contribution >= 0.6 is 15.9 Å². The molecule has 0 spiro atoms. The Morgan fingerprint density at radius 1 is 0.968 bits per heavy atom. The molecule has 0 atom stereocenters. The summed E-state index contributed by atoms with van der Waals surface area (Å²) in [6.07, 6.45) is 0.268. The predicted molar refractivity (Wildman–Crippen MR) is 137 cm³/mol. The molecule has 0 saturated heterocycles. The molecule has 0 amide bonds. The van der Waals surface area contributed by atoms with Gasteiger partial charge in [0.25, 0.3) is 0 Å². The lowest BCUT2D eigenvalue weighted by molar-refractivity contribution is -0.0331. The van der Waals surface area contributed by atoms with Crippen LogP contribution in [0.15, 0.2) is 16.6 Å². The Morgan fingerprint density at radius 3 is 1.84 bits per heavy atom. The van der Waals surface area contributed by atoms with Crippen LogP contribution in [0.4, 0.5) is 0 Å². The van der Waals surface area contributed by atoms with Crippen LogP contribution in [-0.2, 0) is 8.85 Å². The average Bonchev–Trinajstić information content (AvgIpc) is 2.59. The summed E-state index contributed by atoms with van der Waals surface area (Å²) in [6, 6.07) is 3.82. The number of aryl methyl sites for hydroxylation is 1. The van der Waals surface area contributed by atoms with Crippen molar-refractivity contribution in [3.8, 4) is 5.75 Å². The minimum Gasteiger partial charge on any atom is -0.481 e. The highest BCUT2D eigenvalue weighted by Crippen LogP contribution is 2.42. The van der Waals surface area contributed by atoms with Gasteiger partial charge in [-0.25, -0.2) is 0 Å². The molecule has 1 heterocycles. The van der Waals surface area contributed by atoms with Crippen molar-refractivity contribution in [3.05, 3.63) is 27.7 Å². The number of hydrogen-bond acceptors (Lipinski definition) is 4. The van der Waals surface area contributed by atoms with Gasteiger partial charge in [0.2, 0.25) is 0 Å². The van der Waals surface area contributed by atoms with Gasteiger partial charge in [-0.15, -0.1) is 0 Å². The number of carbonyl (C=O) groups is 1. The summed E-state index contributed by atoms with van der Waals surface area (Å²) in [5.41, 5.74) is 0.860. The van der Waals surface area contributed by atoms with Gasteiger partial charge in [-0.1, -0.05) is 57.5 Å². The van der Waals surface area contributed by atoms with Crippen LogP contribution in [0.1, 0.15) is 63.9 Å². The molecule has 0 bridgehead atoms. The number of halogens is 1. The zero-order chi connectivity index (χ0) is 24.0. The lowest BCUT2D eigenvalue weighted by Crippen LogP contribution is -2.56. The Bertz CT molecular complexity index is 805. The topological polar surface area (TPSA) is 44.8 Å². The minimum absolute atomic E-state index is 0.0746. The van der Waals surface area contributed by atoms with Crippen molar-refractivity contribution < 1.29 is 18.4 Å². The van der Waals surface area contributed by atoms with Crippen molar-refractivity contribution in [3.63, 3.8) is 0 Å². The molecule has 0 fully saturated rings. The van der Waals surface area contributed by atoms with E-state index in [2.05, 4.69) is 83.7 Å². The largest absolute Gasteiger partial charge is 0.481 e. The van der Waals surface area contributed by atoms with Crippen molar-refractivity contribution in [2.45, 2.75) is 96.8 Å². The predicted octanol–water partition coefficient (Wildman–Crippen LogP) is 7.51. The van der Waals surface area contributed by atoms with E-state index < -0.39 is 22.2 Å². The Labute approximate surface area is 199 Å². The maximum absolute atomic E-state index is 13.2. The first-order chi connectivity index (χ1) is 13.8. The van der Waals surface area contributed by atoms with E-state index in [9.17, 15) is 4.79 Å². The molecule has 0 N–H and O–H groups in total. The zero-order valence-corrected chi connectivity index (χ0v) is 24.9. The maximum atomic E-state index is 13.2. The van der Waals surface area contributed by atoms with Gasteiger partial charge >= 0.3 is 0 Å². The molecule has 1 aliphatic heterocycles. The summed E-state index contributed by atoms with van der Waals surface area (Å²) in [5, 5.41) is 0.149. The molecule has 0 radical (unpaired) electrons. The average molecular weight is 530 g/mol. The van der Waals surface area contributed by atoms with Gasteiger partial charge in [0.1, 0.15) is 5.75 Å². The summed E-state index contributed by atoms with van der Waals surface area (Å²) in [5.74, 6) is 0.709. The minimum atomic E-state index is -2.03. The van der Waals surface area contributed by atoms with Crippen LogP contribution in [0.5, 0.6) is 5.75 Å². The fourth-order valence-electron chi connectivity index (χ4n) is 2.88. The summed E-state index contributed by atoms with van der Waals surface area (Å²) < 4.78 is 20.7. The Kier molecular flexibility index (Phi) is 7.52. The van der Waals surface area contributed by atoms with E-state index in [1.165, 1.54) is 0 Å².